The van der Waals surface area contributed by atoms with E-state index in [1.54, 1.807) is 0 Å². The van der Waals surface area contributed by atoms with Crippen molar-refractivity contribution in [3.05, 3.63) is 0 Å². The van der Waals surface area contributed by atoms with Gasteiger partial charge in [0.25, 0.3) is 0 Å². The van der Waals surface area contributed by atoms with Crippen LogP contribution in [0.4, 0.5) is 0 Å². The molecule has 1 fully saturated rings. The van der Waals surface area contributed by atoms with Crippen LogP contribution in [0.25, 0.3) is 0 Å². The van der Waals surface area contributed by atoms with Gasteiger partial charge in [-0.25, -0.2) is 0 Å². The first-order valence-electron chi connectivity index (χ1n) is 4.68. The first kappa shape index (κ1) is 10.9. The van der Waals surface area contributed by atoms with E-state index >= 15 is 0 Å². The average molecular weight is 159 g/mol. The van der Waals surface area contributed by atoms with Crippen molar-refractivity contribution in [1.82, 2.24) is 5.32 Å². The fourth-order valence-corrected chi connectivity index (χ4v) is 1.36. The summed E-state index contributed by atoms with van der Waals surface area (Å²) in [6, 6.07) is 0.661. The van der Waals surface area contributed by atoms with Crippen LogP contribution in [-0.4, -0.2) is 24.3 Å². The van der Waals surface area contributed by atoms with E-state index in [9.17, 15) is 0 Å². The minimum Gasteiger partial charge on any atom is -0.393 e. The number of nitrogens with one attached hydrogen (secondary N) is 1. The van der Waals surface area contributed by atoms with E-state index in [2.05, 4.69) is 5.32 Å². The van der Waals surface area contributed by atoms with Gasteiger partial charge >= 0.3 is 0 Å². The molecular weight excluding hydrogens is 138 g/mol. The van der Waals surface area contributed by atoms with Crippen LogP contribution in [0, 0.1) is 0 Å². The molecular formula is C9H21NO. The molecule has 68 valence electrons. The van der Waals surface area contributed by atoms with Crippen molar-refractivity contribution in [2.75, 3.05) is 7.05 Å². The third-order valence-electron chi connectivity index (χ3n) is 2.10. The van der Waals surface area contributed by atoms with Crippen LogP contribution in [0.5, 0.6) is 0 Å². The lowest BCUT2D eigenvalue weighted by Crippen LogP contribution is -2.31. The van der Waals surface area contributed by atoms with E-state index in [4.69, 9.17) is 5.11 Å². The summed E-state index contributed by atoms with van der Waals surface area (Å²) in [6.07, 6.45) is 4.21. The molecule has 1 aliphatic rings. The van der Waals surface area contributed by atoms with Gasteiger partial charge in [0.15, 0.2) is 0 Å². The van der Waals surface area contributed by atoms with Gasteiger partial charge in [0.1, 0.15) is 0 Å². The highest BCUT2D eigenvalue weighted by atomic mass is 16.3. The van der Waals surface area contributed by atoms with E-state index < -0.39 is 0 Å². The molecule has 0 atom stereocenters. The summed E-state index contributed by atoms with van der Waals surface area (Å²) >= 11 is 0. The molecule has 0 spiro atoms. The van der Waals surface area contributed by atoms with Gasteiger partial charge in [-0.2, -0.15) is 0 Å². The molecule has 2 heteroatoms. The molecule has 0 aromatic carbocycles. The van der Waals surface area contributed by atoms with E-state index in [0.717, 1.165) is 25.7 Å². The fourth-order valence-electron chi connectivity index (χ4n) is 1.36. The summed E-state index contributed by atoms with van der Waals surface area (Å²) in [7, 11) is 1.99. The van der Waals surface area contributed by atoms with Crippen LogP contribution >= 0.6 is 0 Å². The van der Waals surface area contributed by atoms with E-state index in [-0.39, 0.29) is 6.10 Å². The lowest BCUT2D eigenvalue weighted by atomic mass is 9.93. The molecule has 0 saturated heterocycles. The third-order valence-corrected chi connectivity index (χ3v) is 2.10. The molecule has 2 N–H and O–H groups in total. The Morgan fingerprint density at radius 1 is 1.09 bits per heavy atom. The normalized spacial score (nSPS) is 30.5. The monoisotopic (exact) mass is 159 g/mol. The van der Waals surface area contributed by atoms with Crippen LogP contribution in [-0.2, 0) is 0 Å². The van der Waals surface area contributed by atoms with Crippen LogP contribution in [0.15, 0.2) is 0 Å². The average Bonchev–Trinajstić information content (AvgIpc) is 2.10. The van der Waals surface area contributed by atoms with Crippen LogP contribution < -0.4 is 5.32 Å². The van der Waals surface area contributed by atoms with Crippen molar-refractivity contribution in [1.29, 1.82) is 0 Å². The molecule has 11 heavy (non-hydrogen) atoms. The number of hydrogen-bond acceptors (Lipinski definition) is 2. The predicted octanol–water partition coefficient (Wildman–Crippen LogP) is 1.54. The summed E-state index contributed by atoms with van der Waals surface area (Å²) in [6.45, 7) is 4.00. The van der Waals surface area contributed by atoms with E-state index in [1.165, 1.54) is 0 Å². The molecule has 0 unspecified atom stereocenters. The molecule has 0 bridgehead atoms. The van der Waals surface area contributed by atoms with Gasteiger partial charge in [0, 0.05) is 6.04 Å². The summed E-state index contributed by atoms with van der Waals surface area (Å²) in [5.74, 6) is 0. The molecule has 0 heterocycles. The Morgan fingerprint density at radius 2 is 1.55 bits per heavy atom. The van der Waals surface area contributed by atoms with Crippen molar-refractivity contribution >= 4 is 0 Å². The Morgan fingerprint density at radius 3 is 1.91 bits per heavy atom. The molecule has 1 saturated carbocycles. The second-order valence-corrected chi connectivity index (χ2v) is 2.79. The fraction of sp³-hybridized carbons (Fsp3) is 1.00. The molecule has 0 amide bonds. The third kappa shape index (κ3) is 4.38. The van der Waals surface area contributed by atoms with Crippen LogP contribution in [0.1, 0.15) is 39.5 Å². The first-order chi connectivity index (χ1) is 5.33. The maximum absolute atomic E-state index is 9.09. The molecule has 1 aliphatic carbocycles. The van der Waals surface area contributed by atoms with Crippen molar-refractivity contribution < 1.29 is 5.11 Å². The van der Waals surface area contributed by atoms with Crippen molar-refractivity contribution in [3.8, 4) is 0 Å². The molecule has 0 aromatic rings. The quantitative estimate of drug-likeness (QED) is 0.608. The lowest BCUT2D eigenvalue weighted by molar-refractivity contribution is 0.118. The van der Waals surface area contributed by atoms with Gasteiger partial charge in [0.05, 0.1) is 6.10 Å². The van der Waals surface area contributed by atoms with E-state index in [1.807, 2.05) is 20.9 Å². The highest BCUT2D eigenvalue weighted by Gasteiger charge is 2.16. The highest BCUT2D eigenvalue weighted by Crippen LogP contribution is 2.17. The van der Waals surface area contributed by atoms with Crippen LogP contribution in [0.2, 0.25) is 0 Å². The molecule has 0 aromatic heterocycles. The number of rotatable bonds is 1. The van der Waals surface area contributed by atoms with Crippen molar-refractivity contribution in [3.63, 3.8) is 0 Å². The molecule has 2 nitrogen and oxygen atoms in total. The van der Waals surface area contributed by atoms with Gasteiger partial charge in [-0.15, -0.1) is 0 Å². The van der Waals surface area contributed by atoms with E-state index in [0.29, 0.717) is 6.04 Å². The minimum absolute atomic E-state index is 0.0189. The molecule has 1 rings (SSSR count). The predicted molar refractivity (Wildman–Crippen MR) is 48.7 cm³/mol. The Kier molecular flexibility index (Phi) is 6.57. The molecule has 0 radical (unpaired) electrons. The first-order valence-corrected chi connectivity index (χ1v) is 4.68. The maximum atomic E-state index is 9.09. The standard InChI is InChI=1S/C7H15NO.C2H6/c1-8-6-2-4-7(9)5-3-6;1-2/h6-9H,2-5H2,1H3;1-2H3. The lowest BCUT2D eigenvalue weighted by Gasteiger charge is -2.24. The zero-order valence-corrected chi connectivity index (χ0v) is 7.93. The highest BCUT2D eigenvalue weighted by molar-refractivity contribution is 4.74. The second kappa shape index (κ2) is 6.62. The maximum Gasteiger partial charge on any atom is 0.0541 e. The second-order valence-electron chi connectivity index (χ2n) is 2.79. The summed E-state index contributed by atoms with van der Waals surface area (Å²) < 4.78 is 0. The SMILES string of the molecule is CC.CNC1CCC(O)CC1. The number of hydrogen-bond donors (Lipinski definition) is 2. The van der Waals surface area contributed by atoms with Gasteiger partial charge < -0.3 is 10.4 Å². The largest absolute Gasteiger partial charge is 0.393 e. The Bertz CT molecular complexity index is 77.6. The number of aliphatic hydroxyl groups is 1. The summed E-state index contributed by atoms with van der Waals surface area (Å²) in [5, 5.41) is 12.3. The Balaban J connectivity index is 0.000000461. The Labute approximate surface area is 70.0 Å². The zero-order valence-electron chi connectivity index (χ0n) is 7.93. The summed E-state index contributed by atoms with van der Waals surface area (Å²) in [5.41, 5.74) is 0. The van der Waals surface area contributed by atoms with Crippen molar-refractivity contribution in [2.45, 2.75) is 51.7 Å². The Hall–Kier alpha value is -0.0800. The van der Waals surface area contributed by atoms with Gasteiger partial charge in [-0.1, -0.05) is 13.8 Å². The smallest absolute Gasteiger partial charge is 0.0541 e. The topological polar surface area (TPSA) is 32.3 Å². The van der Waals surface area contributed by atoms with Gasteiger partial charge in [0.2, 0.25) is 0 Å². The number of aliphatic hydroxyl groups excluding tert-OH is 1. The van der Waals surface area contributed by atoms with Crippen LogP contribution in [0.3, 0.4) is 0 Å². The molecule has 0 aliphatic heterocycles. The minimum atomic E-state index is -0.0189. The van der Waals surface area contributed by atoms with Gasteiger partial charge in [-0.05, 0) is 32.7 Å². The van der Waals surface area contributed by atoms with Gasteiger partial charge in [-0.3, -0.25) is 0 Å². The zero-order chi connectivity index (χ0) is 8.69. The summed E-state index contributed by atoms with van der Waals surface area (Å²) in [4.78, 5) is 0. The van der Waals surface area contributed by atoms with Crippen molar-refractivity contribution in [2.24, 2.45) is 0 Å².